The summed E-state index contributed by atoms with van der Waals surface area (Å²) < 4.78 is 0. The van der Waals surface area contributed by atoms with Gasteiger partial charge in [0.2, 0.25) is 11.9 Å². The molecule has 0 aliphatic heterocycles. The van der Waals surface area contributed by atoms with E-state index >= 15 is 0 Å². The molecule has 1 fully saturated rings. The quantitative estimate of drug-likeness (QED) is 0.295. The predicted octanol–water partition coefficient (Wildman–Crippen LogP) is 0.611. The van der Waals surface area contributed by atoms with Gasteiger partial charge in [-0.25, -0.2) is 5.43 Å². The van der Waals surface area contributed by atoms with Gasteiger partial charge in [0.25, 0.3) is 0 Å². The van der Waals surface area contributed by atoms with Gasteiger partial charge in [0.05, 0.1) is 5.71 Å². The Morgan fingerprint density at radius 1 is 1.41 bits per heavy atom. The van der Waals surface area contributed by atoms with Crippen LogP contribution in [0.4, 0.5) is 0 Å². The molecule has 2 atom stereocenters. The van der Waals surface area contributed by atoms with Gasteiger partial charge in [-0.2, -0.15) is 10.2 Å². The van der Waals surface area contributed by atoms with Gasteiger partial charge in [0.15, 0.2) is 0 Å². The van der Waals surface area contributed by atoms with Crippen LogP contribution in [0.5, 0.6) is 0 Å². The van der Waals surface area contributed by atoms with Crippen LogP contribution in [0.3, 0.4) is 0 Å². The van der Waals surface area contributed by atoms with Gasteiger partial charge >= 0.3 is 0 Å². The zero-order valence-electron chi connectivity index (χ0n) is 12.8. The molecule has 8 heteroatoms. The summed E-state index contributed by atoms with van der Waals surface area (Å²) in [4.78, 5) is 0. The topological polar surface area (TPSA) is 151 Å². The molecule has 0 aromatic heterocycles. The van der Waals surface area contributed by atoms with E-state index in [1.807, 2.05) is 6.21 Å². The Bertz CT molecular complexity index is 555. The molecule has 0 saturated heterocycles. The summed E-state index contributed by atoms with van der Waals surface area (Å²) in [6.07, 6.45) is 9.05. The summed E-state index contributed by atoms with van der Waals surface area (Å²) in [6, 6.07) is 0. The van der Waals surface area contributed by atoms with E-state index in [0.717, 1.165) is 37.8 Å². The van der Waals surface area contributed by atoms with Crippen LogP contribution in [-0.4, -0.2) is 23.8 Å². The molecule has 2 unspecified atom stereocenters. The van der Waals surface area contributed by atoms with Crippen LogP contribution in [0.1, 0.15) is 39.0 Å². The van der Waals surface area contributed by atoms with Gasteiger partial charge in [-0.05, 0) is 43.6 Å². The molecule has 0 radical (unpaired) electrons. The zero-order chi connectivity index (χ0) is 16.2. The average Bonchev–Trinajstić information content (AvgIpc) is 2.45. The van der Waals surface area contributed by atoms with Crippen LogP contribution >= 0.6 is 0 Å². The molecule has 120 valence electrons. The first-order valence-corrected chi connectivity index (χ1v) is 7.41. The number of nitrogens with one attached hydrogen (secondary N) is 2. The normalized spacial score (nSPS) is 29.8. The summed E-state index contributed by atoms with van der Waals surface area (Å²) in [5, 5.41) is 19.0. The highest BCUT2D eigenvalue weighted by molar-refractivity contribution is 5.97. The molecular weight excluding hydrogens is 280 g/mol. The number of guanidine groups is 2. The molecule has 0 bridgehead atoms. The SMILES string of the molecule is CC12CCC(=NNC(=N)N)C=C1CCCC2C=NN=C(N)N. The minimum atomic E-state index is -0.148. The first-order valence-electron chi connectivity index (χ1n) is 7.41. The Hall–Kier alpha value is -2.38. The minimum Gasteiger partial charge on any atom is -0.369 e. The molecule has 2 aliphatic rings. The molecule has 0 spiro atoms. The lowest BCUT2D eigenvalue weighted by Gasteiger charge is -2.44. The Kier molecular flexibility index (Phi) is 4.79. The third kappa shape index (κ3) is 3.63. The fraction of sp³-hybridized carbons (Fsp3) is 0.571. The van der Waals surface area contributed by atoms with Crippen LogP contribution in [0.25, 0.3) is 0 Å². The summed E-state index contributed by atoms with van der Waals surface area (Å²) >= 11 is 0. The van der Waals surface area contributed by atoms with E-state index in [1.54, 1.807) is 0 Å². The molecular formula is C14H24N8. The standard InChI is InChI=1S/C14H24N8/c1-14-6-5-11(20-22-13(17)18)7-9(14)3-2-4-10(14)8-19-21-12(15)16/h7-8,10H,2-6H2,1H3,(H4,15,16,21)(H4,17,18,22). The van der Waals surface area contributed by atoms with Gasteiger partial charge < -0.3 is 17.2 Å². The van der Waals surface area contributed by atoms with Crippen molar-refractivity contribution < 1.29 is 0 Å². The van der Waals surface area contributed by atoms with Crippen LogP contribution in [-0.2, 0) is 0 Å². The number of rotatable bonds is 3. The van der Waals surface area contributed by atoms with Crippen molar-refractivity contribution in [3.63, 3.8) is 0 Å². The van der Waals surface area contributed by atoms with Crippen molar-refractivity contribution in [3.05, 3.63) is 11.6 Å². The van der Waals surface area contributed by atoms with Gasteiger partial charge in [0, 0.05) is 12.1 Å². The van der Waals surface area contributed by atoms with Crippen molar-refractivity contribution in [2.45, 2.75) is 39.0 Å². The van der Waals surface area contributed by atoms with Crippen molar-refractivity contribution >= 4 is 23.8 Å². The van der Waals surface area contributed by atoms with Crippen LogP contribution in [0, 0.1) is 16.7 Å². The fourth-order valence-electron chi connectivity index (χ4n) is 3.24. The van der Waals surface area contributed by atoms with E-state index in [0.29, 0.717) is 5.92 Å². The second-order valence-electron chi connectivity index (χ2n) is 6.00. The summed E-state index contributed by atoms with van der Waals surface area (Å²) in [6.45, 7) is 2.26. The lowest BCUT2D eigenvalue weighted by atomic mass is 9.60. The predicted molar refractivity (Wildman–Crippen MR) is 89.6 cm³/mol. The van der Waals surface area contributed by atoms with E-state index in [9.17, 15) is 0 Å². The van der Waals surface area contributed by atoms with Crippen molar-refractivity contribution in [2.24, 2.45) is 43.8 Å². The van der Waals surface area contributed by atoms with Crippen molar-refractivity contribution in [3.8, 4) is 0 Å². The number of hydrogen-bond donors (Lipinski definition) is 5. The van der Waals surface area contributed by atoms with Gasteiger partial charge in [-0.3, -0.25) is 5.41 Å². The van der Waals surface area contributed by atoms with E-state index in [2.05, 4.69) is 33.7 Å². The third-order valence-electron chi connectivity index (χ3n) is 4.49. The molecule has 2 rings (SSSR count). The molecule has 0 aromatic rings. The number of hydrazone groups is 1. The molecule has 22 heavy (non-hydrogen) atoms. The first kappa shape index (κ1) is 16.0. The fourth-order valence-corrected chi connectivity index (χ4v) is 3.24. The second-order valence-corrected chi connectivity index (χ2v) is 6.00. The number of allylic oxidation sites excluding steroid dienone is 2. The third-order valence-corrected chi connectivity index (χ3v) is 4.49. The Labute approximate surface area is 130 Å². The smallest absolute Gasteiger partial charge is 0.211 e. The van der Waals surface area contributed by atoms with Crippen molar-refractivity contribution in [1.29, 1.82) is 5.41 Å². The molecule has 1 saturated carbocycles. The van der Waals surface area contributed by atoms with E-state index in [1.165, 1.54) is 5.57 Å². The summed E-state index contributed by atoms with van der Waals surface area (Å²) in [5.41, 5.74) is 20.7. The highest BCUT2D eigenvalue weighted by Gasteiger charge is 2.41. The van der Waals surface area contributed by atoms with Crippen LogP contribution < -0.4 is 22.6 Å². The van der Waals surface area contributed by atoms with Gasteiger partial charge in [-0.1, -0.05) is 12.5 Å². The van der Waals surface area contributed by atoms with Gasteiger partial charge in [-0.15, -0.1) is 5.10 Å². The van der Waals surface area contributed by atoms with Crippen LogP contribution in [0.15, 0.2) is 27.0 Å². The maximum absolute atomic E-state index is 7.16. The van der Waals surface area contributed by atoms with E-state index in [-0.39, 0.29) is 17.3 Å². The molecule has 0 heterocycles. The highest BCUT2D eigenvalue weighted by atomic mass is 15.3. The highest BCUT2D eigenvalue weighted by Crippen LogP contribution is 2.49. The number of hydrogen-bond acceptors (Lipinski definition) is 4. The van der Waals surface area contributed by atoms with Crippen molar-refractivity contribution in [1.82, 2.24) is 5.43 Å². The minimum absolute atomic E-state index is 0.0265. The number of nitrogens with zero attached hydrogens (tertiary/aromatic N) is 3. The molecule has 2 aliphatic carbocycles. The Morgan fingerprint density at radius 3 is 2.86 bits per heavy atom. The summed E-state index contributed by atoms with van der Waals surface area (Å²) in [5.74, 6) is 0.143. The second kappa shape index (κ2) is 6.59. The maximum Gasteiger partial charge on any atom is 0.211 e. The lowest BCUT2D eigenvalue weighted by Crippen LogP contribution is -2.38. The summed E-state index contributed by atoms with van der Waals surface area (Å²) in [7, 11) is 0. The van der Waals surface area contributed by atoms with E-state index < -0.39 is 0 Å². The molecule has 8 nitrogen and oxygen atoms in total. The number of fused-ring (bicyclic) bond motifs is 1. The van der Waals surface area contributed by atoms with Gasteiger partial charge in [0.1, 0.15) is 0 Å². The molecule has 0 amide bonds. The average molecular weight is 304 g/mol. The lowest BCUT2D eigenvalue weighted by molar-refractivity contribution is 0.230. The maximum atomic E-state index is 7.16. The number of nitrogens with two attached hydrogens (primary N) is 3. The monoisotopic (exact) mass is 304 g/mol. The first-order chi connectivity index (χ1) is 10.4. The van der Waals surface area contributed by atoms with Crippen LogP contribution in [0.2, 0.25) is 0 Å². The van der Waals surface area contributed by atoms with E-state index in [4.69, 9.17) is 22.6 Å². The largest absolute Gasteiger partial charge is 0.369 e. The zero-order valence-corrected chi connectivity index (χ0v) is 12.8. The Morgan fingerprint density at radius 2 is 2.18 bits per heavy atom. The Balaban J connectivity index is 2.19. The molecule has 8 N–H and O–H groups in total. The molecule has 0 aromatic carbocycles. The van der Waals surface area contributed by atoms with Crippen molar-refractivity contribution in [2.75, 3.05) is 0 Å².